The number of alkyl carbamates (subject to hydrolysis) is 1. The topological polar surface area (TPSA) is 117 Å². The number of aliphatic imine (C=N–C) groups is 1. The summed E-state index contributed by atoms with van der Waals surface area (Å²) in [5, 5.41) is 26.1. The summed E-state index contributed by atoms with van der Waals surface area (Å²) in [5.41, 5.74) is 0.161. The standard InChI is InChI=1S/C34H46N2O6/c1-7-41-29(39)17-25-26(36-31(40)42-8-2)16-12-15-24-30-32(4,5)18-27(37)22(3)33(30,6)28(38)19-34(24,25)21-35-20-23-13-10-9-11-14-23/h9-14,16-17,21,24,26-28,30,37-38H,3,7-8,15,18-20H2,1-2,4-6H3,(H,36,40)/b25-17+,35-21+. The van der Waals surface area contributed by atoms with E-state index in [2.05, 4.69) is 25.7 Å². The normalized spacial score (nSPS) is 34.8. The molecule has 1 aromatic carbocycles. The van der Waals surface area contributed by atoms with Gasteiger partial charge < -0.3 is 25.0 Å². The molecule has 0 radical (unpaired) electrons. The fourth-order valence-corrected chi connectivity index (χ4v) is 8.00. The first-order valence-electron chi connectivity index (χ1n) is 15.0. The van der Waals surface area contributed by atoms with E-state index in [1.165, 1.54) is 6.08 Å². The minimum atomic E-state index is -0.932. The van der Waals surface area contributed by atoms with Crippen molar-refractivity contribution < 1.29 is 29.3 Å². The number of fused-ring (bicyclic) bond motifs is 3. The van der Waals surface area contributed by atoms with Crippen LogP contribution >= 0.6 is 0 Å². The van der Waals surface area contributed by atoms with Crippen molar-refractivity contribution in [2.24, 2.45) is 33.1 Å². The number of aliphatic hydroxyl groups is 2. The van der Waals surface area contributed by atoms with Gasteiger partial charge in [-0.2, -0.15) is 0 Å². The van der Waals surface area contributed by atoms with Crippen LogP contribution in [0, 0.1) is 28.1 Å². The summed E-state index contributed by atoms with van der Waals surface area (Å²) < 4.78 is 10.6. The third-order valence-corrected chi connectivity index (χ3v) is 9.73. The van der Waals surface area contributed by atoms with Gasteiger partial charge in [0.05, 0.1) is 38.0 Å². The molecular weight excluding hydrogens is 532 g/mol. The average Bonchev–Trinajstić information content (AvgIpc) is 3.05. The number of nitrogens with zero attached hydrogens (tertiary/aromatic N) is 1. The molecule has 0 heterocycles. The second kappa shape index (κ2) is 12.6. The van der Waals surface area contributed by atoms with Crippen molar-refractivity contribution in [2.45, 2.75) is 78.7 Å². The van der Waals surface area contributed by atoms with Gasteiger partial charge in [0, 0.05) is 23.1 Å². The summed E-state index contributed by atoms with van der Waals surface area (Å²) in [6, 6.07) is 9.19. The molecule has 3 aliphatic rings. The Morgan fingerprint density at radius 1 is 1.10 bits per heavy atom. The van der Waals surface area contributed by atoms with Crippen LogP contribution in [0.3, 0.4) is 0 Å². The maximum Gasteiger partial charge on any atom is 0.407 e. The van der Waals surface area contributed by atoms with Gasteiger partial charge in [0.25, 0.3) is 0 Å². The van der Waals surface area contributed by atoms with Crippen LogP contribution in [0.25, 0.3) is 0 Å². The smallest absolute Gasteiger partial charge is 0.407 e. The van der Waals surface area contributed by atoms with E-state index in [1.54, 1.807) is 13.8 Å². The molecule has 0 bridgehead atoms. The van der Waals surface area contributed by atoms with Gasteiger partial charge in [0.2, 0.25) is 0 Å². The second-order valence-corrected chi connectivity index (χ2v) is 12.7. The maximum atomic E-state index is 13.1. The fraction of sp³-hybridized carbons (Fsp3) is 0.559. The Hall–Kier alpha value is -3.23. The Kier molecular flexibility index (Phi) is 9.48. The highest BCUT2D eigenvalue weighted by atomic mass is 16.5. The minimum absolute atomic E-state index is 0.135. The summed E-state index contributed by atoms with van der Waals surface area (Å²) >= 11 is 0. The molecule has 2 saturated carbocycles. The molecule has 0 spiro atoms. The van der Waals surface area contributed by atoms with Crippen LogP contribution in [0.4, 0.5) is 4.79 Å². The molecule has 228 valence electrons. The molecular formula is C34H46N2O6. The Bertz CT molecular complexity index is 1250. The number of nitrogens with one attached hydrogen (secondary N) is 1. The molecule has 42 heavy (non-hydrogen) atoms. The van der Waals surface area contributed by atoms with Crippen LogP contribution in [0.1, 0.15) is 59.4 Å². The molecule has 1 amide bonds. The number of rotatable bonds is 7. The molecule has 0 saturated heterocycles. The summed E-state index contributed by atoms with van der Waals surface area (Å²) in [5.74, 6) is -0.807. The summed E-state index contributed by atoms with van der Waals surface area (Å²) in [6.45, 7) is 14.9. The van der Waals surface area contributed by atoms with Gasteiger partial charge in [-0.05, 0) is 67.1 Å². The van der Waals surface area contributed by atoms with Crippen molar-refractivity contribution in [1.82, 2.24) is 5.32 Å². The highest BCUT2D eigenvalue weighted by Crippen LogP contribution is 2.67. The van der Waals surface area contributed by atoms with Gasteiger partial charge in [-0.3, -0.25) is 4.99 Å². The molecule has 3 aliphatic carbocycles. The lowest BCUT2D eigenvalue weighted by atomic mass is 9.40. The highest BCUT2D eigenvalue weighted by Gasteiger charge is 2.66. The monoisotopic (exact) mass is 578 g/mol. The predicted octanol–water partition coefficient (Wildman–Crippen LogP) is 5.16. The first-order valence-corrected chi connectivity index (χ1v) is 15.0. The Morgan fingerprint density at radius 2 is 1.79 bits per heavy atom. The number of aliphatic hydroxyl groups excluding tert-OH is 2. The molecule has 8 heteroatoms. The van der Waals surface area contributed by atoms with Crippen LogP contribution in [0.5, 0.6) is 0 Å². The number of allylic oxidation sites excluding steroid dienone is 1. The molecule has 0 aromatic heterocycles. The largest absolute Gasteiger partial charge is 0.463 e. The van der Waals surface area contributed by atoms with Crippen LogP contribution in [-0.4, -0.2) is 60.0 Å². The first-order chi connectivity index (χ1) is 19.9. The van der Waals surface area contributed by atoms with Gasteiger partial charge in [0.15, 0.2) is 0 Å². The van der Waals surface area contributed by atoms with E-state index in [1.807, 2.05) is 55.6 Å². The highest BCUT2D eigenvalue weighted by molar-refractivity contribution is 5.86. The fourth-order valence-electron chi connectivity index (χ4n) is 8.00. The number of esters is 1. The predicted molar refractivity (Wildman–Crippen MR) is 163 cm³/mol. The van der Waals surface area contributed by atoms with E-state index in [0.717, 1.165) is 5.56 Å². The third-order valence-electron chi connectivity index (χ3n) is 9.73. The number of benzene rings is 1. The molecule has 8 nitrogen and oxygen atoms in total. The SMILES string of the molecule is C=C1C(O)CC(C)(C)C2C3CC=CC(NC(=O)OCC)/C(=C\C(=O)OCC)C3(/C=N/Cc3ccccc3)CC(O)C12C. The lowest BCUT2D eigenvalue weighted by Crippen LogP contribution is -2.65. The van der Waals surface area contributed by atoms with Gasteiger partial charge >= 0.3 is 12.1 Å². The Morgan fingerprint density at radius 3 is 2.45 bits per heavy atom. The maximum absolute atomic E-state index is 13.1. The molecule has 4 rings (SSSR count). The van der Waals surface area contributed by atoms with Crippen molar-refractivity contribution in [3.63, 3.8) is 0 Å². The quantitative estimate of drug-likeness (QED) is 0.178. The van der Waals surface area contributed by atoms with Crippen LogP contribution in [-0.2, 0) is 20.8 Å². The van der Waals surface area contributed by atoms with Crippen molar-refractivity contribution >= 4 is 18.3 Å². The zero-order valence-electron chi connectivity index (χ0n) is 25.5. The number of hydrogen-bond donors (Lipinski definition) is 3. The van der Waals surface area contributed by atoms with Gasteiger partial charge in [0.1, 0.15) is 0 Å². The number of amides is 1. The van der Waals surface area contributed by atoms with Gasteiger partial charge in [-0.15, -0.1) is 0 Å². The molecule has 2 fully saturated rings. The number of carbonyl (C=O) groups is 2. The van der Waals surface area contributed by atoms with E-state index < -0.39 is 46.6 Å². The van der Waals surface area contributed by atoms with Gasteiger partial charge in [-0.1, -0.05) is 69.8 Å². The third kappa shape index (κ3) is 5.84. The van der Waals surface area contributed by atoms with E-state index >= 15 is 0 Å². The molecule has 3 N–H and O–H groups in total. The van der Waals surface area contributed by atoms with Crippen molar-refractivity contribution in [2.75, 3.05) is 13.2 Å². The number of hydrogen-bond acceptors (Lipinski definition) is 7. The molecule has 0 aliphatic heterocycles. The summed E-state index contributed by atoms with van der Waals surface area (Å²) in [7, 11) is 0. The van der Waals surface area contributed by atoms with Crippen LogP contribution < -0.4 is 5.32 Å². The lowest BCUT2D eigenvalue weighted by Gasteiger charge is -2.65. The zero-order chi connectivity index (χ0) is 30.7. The minimum Gasteiger partial charge on any atom is -0.463 e. The van der Waals surface area contributed by atoms with Crippen molar-refractivity contribution in [3.8, 4) is 0 Å². The number of ether oxygens (including phenoxy) is 2. The first kappa shape index (κ1) is 31.7. The summed E-state index contributed by atoms with van der Waals surface area (Å²) in [4.78, 5) is 30.8. The van der Waals surface area contributed by atoms with E-state index in [-0.39, 0.29) is 31.5 Å². The average molecular weight is 579 g/mol. The second-order valence-electron chi connectivity index (χ2n) is 12.7. The molecule has 7 unspecified atom stereocenters. The van der Waals surface area contributed by atoms with Crippen molar-refractivity contribution in [3.05, 3.63) is 71.8 Å². The summed E-state index contributed by atoms with van der Waals surface area (Å²) in [6.07, 6.45) is 6.37. The van der Waals surface area contributed by atoms with E-state index in [0.29, 0.717) is 30.5 Å². The van der Waals surface area contributed by atoms with Gasteiger partial charge in [-0.25, -0.2) is 9.59 Å². The zero-order valence-corrected chi connectivity index (χ0v) is 25.5. The van der Waals surface area contributed by atoms with Crippen LogP contribution in [0.15, 0.2) is 71.3 Å². The van der Waals surface area contributed by atoms with Crippen LogP contribution in [0.2, 0.25) is 0 Å². The Labute approximate surface area is 249 Å². The van der Waals surface area contributed by atoms with E-state index in [9.17, 15) is 19.8 Å². The molecule has 7 atom stereocenters. The number of carbonyl (C=O) groups excluding carboxylic acids is 2. The lowest BCUT2D eigenvalue weighted by molar-refractivity contribution is -0.157. The van der Waals surface area contributed by atoms with Crippen molar-refractivity contribution in [1.29, 1.82) is 0 Å². The van der Waals surface area contributed by atoms with E-state index in [4.69, 9.17) is 14.5 Å². The molecule has 1 aromatic rings. The Balaban J connectivity index is 1.94.